The molecule has 0 bridgehead atoms. The maximum absolute atomic E-state index is 12.7. The minimum absolute atomic E-state index is 0.0477. The van der Waals surface area contributed by atoms with Gasteiger partial charge in [-0.1, -0.05) is 0 Å². The van der Waals surface area contributed by atoms with Gasteiger partial charge in [-0.25, -0.2) is 17.5 Å². The van der Waals surface area contributed by atoms with Gasteiger partial charge in [0.1, 0.15) is 5.58 Å². The van der Waals surface area contributed by atoms with Crippen molar-refractivity contribution in [1.29, 1.82) is 0 Å². The van der Waals surface area contributed by atoms with Crippen molar-refractivity contribution in [3.63, 3.8) is 0 Å². The normalized spacial score (nSPS) is 16.7. The van der Waals surface area contributed by atoms with Gasteiger partial charge in [0.25, 0.3) is 0 Å². The first-order valence-corrected chi connectivity index (χ1v) is 11.3. The van der Waals surface area contributed by atoms with E-state index < -0.39 is 21.6 Å². The number of amides is 2. The quantitative estimate of drug-likeness (QED) is 0.589. The van der Waals surface area contributed by atoms with Crippen LogP contribution in [0.5, 0.6) is 0 Å². The lowest BCUT2D eigenvalue weighted by molar-refractivity contribution is -0.122. The van der Waals surface area contributed by atoms with Crippen molar-refractivity contribution in [2.75, 3.05) is 30.9 Å². The maximum atomic E-state index is 12.7. The zero-order chi connectivity index (χ0) is 23.0. The van der Waals surface area contributed by atoms with Gasteiger partial charge in [0.05, 0.1) is 10.8 Å². The highest BCUT2D eigenvalue weighted by atomic mass is 32.2. The molecule has 9 nitrogen and oxygen atoms in total. The molecule has 0 aliphatic carbocycles. The van der Waals surface area contributed by atoms with Crippen molar-refractivity contribution < 1.29 is 22.4 Å². The molecule has 2 heterocycles. The first-order chi connectivity index (χ1) is 15.1. The number of anilines is 2. The van der Waals surface area contributed by atoms with E-state index in [0.29, 0.717) is 22.3 Å². The van der Waals surface area contributed by atoms with Crippen LogP contribution in [0.25, 0.3) is 11.0 Å². The first kappa shape index (κ1) is 21.7. The second kappa shape index (κ2) is 8.21. The average molecular weight is 455 g/mol. The van der Waals surface area contributed by atoms with Crippen LogP contribution in [0.3, 0.4) is 0 Å². The summed E-state index contributed by atoms with van der Waals surface area (Å²) in [6.07, 6.45) is 0.0477. The summed E-state index contributed by atoms with van der Waals surface area (Å²) in [5, 5.41) is 3.47. The van der Waals surface area contributed by atoms with E-state index in [-0.39, 0.29) is 29.7 Å². The Morgan fingerprint density at radius 2 is 1.78 bits per heavy atom. The predicted molar refractivity (Wildman–Crippen MR) is 119 cm³/mol. The van der Waals surface area contributed by atoms with Gasteiger partial charge in [-0.15, -0.1) is 0 Å². The van der Waals surface area contributed by atoms with E-state index >= 15 is 0 Å². The molecule has 0 radical (unpaired) electrons. The van der Waals surface area contributed by atoms with E-state index in [1.165, 1.54) is 37.2 Å². The molecule has 4 rings (SSSR count). The SMILES string of the molecule is CN(C)S(=O)(=O)c1ccc(N2C[C@@H](C(=O)Nc3ccc4oc(=O)ccc4c3)CC2=O)cc1. The summed E-state index contributed by atoms with van der Waals surface area (Å²) in [5.74, 6) is -1.07. The van der Waals surface area contributed by atoms with Gasteiger partial charge in [0, 0.05) is 49.9 Å². The minimum Gasteiger partial charge on any atom is -0.423 e. The molecule has 32 heavy (non-hydrogen) atoms. The zero-order valence-corrected chi connectivity index (χ0v) is 18.3. The largest absolute Gasteiger partial charge is 0.423 e. The number of hydrogen-bond donors (Lipinski definition) is 1. The Labute approximate surface area is 184 Å². The van der Waals surface area contributed by atoms with E-state index in [1.807, 2.05) is 0 Å². The summed E-state index contributed by atoms with van der Waals surface area (Å²) >= 11 is 0. The summed E-state index contributed by atoms with van der Waals surface area (Å²) in [4.78, 5) is 38.1. The van der Waals surface area contributed by atoms with Gasteiger partial charge in [-0.3, -0.25) is 9.59 Å². The van der Waals surface area contributed by atoms with Crippen molar-refractivity contribution in [3.8, 4) is 0 Å². The van der Waals surface area contributed by atoms with Crippen LogP contribution in [-0.2, 0) is 19.6 Å². The third-order valence-corrected chi connectivity index (χ3v) is 7.14. The molecule has 1 aliphatic rings. The van der Waals surface area contributed by atoms with Crippen LogP contribution in [0.4, 0.5) is 11.4 Å². The number of fused-ring (bicyclic) bond motifs is 1. The van der Waals surface area contributed by atoms with Gasteiger partial charge in [-0.05, 0) is 48.5 Å². The van der Waals surface area contributed by atoms with Gasteiger partial charge in [0.15, 0.2) is 0 Å². The van der Waals surface area contributed by atoms with Crippen molar-refractivity contribution in [3.05, 3.63) is 65.0 Å². The van der Waals surface area contributed by atoms with Gasteiger partial charge < -0.3 is 14.6 Å². The number of carbonyl (C=O) groups is 2. The molecule has 1 aromatic heterocycles. The Bertz CT molecular complexity index is 1360. The zero-order valence-electron chi connectivity index (χ0n) is 17.4. The molecule has 3 aromatic rings. The topological polar surface area (TPSA) is 117 Å². The van der Waals surface area contributed by atoms with Crippen molar-refractivity contribution in [2.45, 2.75) is 11.3 Å². The van der Waals surface area contributed by atoms with Gasteiger partial charge in [0.2, 0.25) is 21.8 Å². The smallest absolute Gasteiger partial charge is 0.336 e. The van der Waals surface area contributed by atoms with E-state index in [9.17, 15) is 22.8 Å². The van der Waals surface area contributed by atoms with Crippen LogP contribution < -0.4 is 15.8 Å². The van der Waals surface area contributed by atoms with Crippen molar-refractivity contribution in [1.82, 2.24) is 4.31 Å². The first-order valence-electron chi connectivity index (χ1n) is 9.83. The second-order valence-electron chi connectivity index (χ2n) is 7.68. The van der Waals surface area contributed by atoms with E-state index in [1.54, 1.807) is 36.4 Å². The Morgan fingerprint density at radius 1 is 1.06 bits per heavy atom. The molecule has 10 heteroatoms. The minimum atomic E-state index is -3.57. The van der Waals surface area contributed by atoms with Crippen LogP contribution in [0.15, 0.2) is 68.7 Å². The Kier molecular flexibility index (Phi) is 5.57. The molecular formula is C22H21N3O6S. The third kappa shape index (κ3) is 4.14. The Morgan fingerprint density at radius 3 is 2.47 bits per heavy atom. The van der Waals surface area contributed by atoms with Gasteiger partial charge in [-0.2, -0.15) is 0 Å². The fourth-order valence-electron chi connectivity index (χ4n) is 3.54. The van der Waals surface area contributed by atoms with E-state index in [2.05, 4.69) is 5.32 Å². The lowest BCUT2D eigenvalue weighted by Gasteiger charge is -2.18. The molecule has 1 aliphatic heterocycles. The lowest BCUT2D eigenvalue weighted by Crippen LogP contribution is -2.28. The highest BCUT2D eigenvalue weighted by Gasteiger charge is 2.35. The Hall–Kier alpha value is -3.50. The Balaban J connectivity index is 1.47. The molecule has 2 amide bonds. The van der Waals surface area contributed by atoms with Crippen LogP contribution >= 0.6 is 0 Å². The number of sulfonamides is 1. The molecule has 2 aromatic carbocycles. The van der Waals surface area contributed by atoms with Gasteiger partial charge >= 0.3 is 5.63 Å². The van der Waals surface area contributed by atoms with E-state index in [4.69, 9.17) is 4.42 Å². The van der Waals surface area contributed by atoms with Crippen molar-refractivity contribution >= 4 is 44.2 Å². The molecule has 0 spiro atoms. The predicted octanol–water partition coefficient (Wildman–Crippen LogP) is 2.03. The lowest BCUT2D eigenvalue weighted by atomic mass is 10.1. The molecular weight excluding hydrogens is 434 g/mol. The summed E-state index contributed by atoms with van der Waals surface area (Å²) in [6, 6.07) is 13.8. The maximum Gasteiger partial charge on any atom is 0.336 e. The van der Waals surface area contributed by atoms with E-state index in [0.717, 1.165) is 4.31 Å². The fourth-order valence-corrected chi connectivity index (χ4v) is 4.44. The highest BCUT2D eigenvalue weighted by molar-refractivity contribution is 7.89. The average Bonchev–Trinajstić information content (AvgIpc) is 3.15. The summed E-state index contributed by atoms with van der Waals surface area (Å²) in [6.45, 7) is 0.187. The molecule has 1 atom stereocenters. The molecule has 1 saturated heterocycles. The third-order valence-electron chi connectivity index (χ3n) is 5.31. The van der Waals surface area contributed by atoms with Crippen LogP contribution in [0.1, 0.15) is 6.42 Å². The number of rotatable bonds is 5. The molecule has 0 saturated carbocycles. The number of nitrogens with zero attached hydrogens (tertiary/aromatic N) is 2. The summed E-state index contributed by atoms with van der Waals surface area (Å²) in [7, 11) is -0.673. The number of hydrogen-bond acceptors (Lipinski definition) is 6. The second-order valence-corrected chi connectivity index (χ2v) is 9.83. The highest BCUT2D eigenvalue weighted by Crippen LogP contribution is 2.28. The fraction of sp³-hybridized carbons (Fsp3) is 0.227. The van der Waals surface area contributed by atoms with Crippen LogP contribution in [0.2, 0.25) is 0 Å². The molecule has 166 valence electrons. The summed E-state index contributed by atoms with van der Waals surface area (Å²) in [5.41, 5.74) is 1.02. The standard InChI is InChI=1S/C22H21N3O6S/c1-24(2)32(29,30)18-7-5-17(6-8-18)25-13-15(12-20(25)26)22(28)23-16-4-9-19-14(11-16)3-10-21(27)31-19/h3-11,15H,12-13H2,1-2H3,(H,23,28)/t15-/m0/s1. The molecule has 0 unspecified atom stereocenters. The number of carbonyl (C=O) groups excluding carboxylic acids is 2. The monoisotopic (exact) mass is 455 g/mol. The number of benzene rings is 2. The number of nitrogens with one attached hydrogen (secondary N) is 1. The molecule has 1 N–H and O–H groups in total. The van der Waals surface area contributed by atoms with Crippen LogP contribution in [0, 0.1) is 5.92 Å². The van der Waals surface area contributed by atoms with Crippen molar-refractivity contribution in [2.24, 2.45) is 5.92 Å². The molecule has 1 fully saturated rings. The summed E-state index contributed by atoms with van der Waals surface area (Å²) < 4.78 is 30.6. The van der Waals surface area contributed by atoms with Crippen LogP contribution in [-0.4, -0.2) is 45.2 Å².